The van der Waals surface area contributed by atoms with Crippen LogP contribution < -0.4 is 10.6 Å². The number of sulfone groups is 1. The van der Waals surface area contributed by atoms with E-state index in [1.807, 2.05) is 18.2 Å². The summed E-state index contributed by atoms with van der Waals surface area (Å²) in [6, 6.07) is 4.99. The van der Waals surface area contributed by atoms with E-state index in [0.29, 0.717) is 18.0 Å². The number of anilines is 1. The quantitative estimate of drug-likeness (QED) is 0.889. The van der Waals surface area contributed by atoms with E-state index in [1.165, 1.54) is 17.8 Å². The molecule has 0 radical (unpaired) electrons. The van der Waals surface area contributed by atoms with Gasteiger partial charge in [-0.05, 0) is 37.5 Å². The monoisotopic (exact) mass is 351 g/mol. The number of benzene rings is 1. The van der Waals surface area contributed by atoms with E-state index in [9.17, 15) is 13.2 Å². The summed E-state index contributed by atoms with van der Waals surface area (Å²) in [5.41, 5.74) is 1.66. The maximum Gasteiger partial charge on any atom is 0.319 e. The summed E-state index contributed by atoms with van der Waals surface area (Å²) in [5, 5.41) is 6.68. The van der Waals surface area contributed by atoms with Crippen molar-refractivity contribution in [1.82, 2.24) is 10.3 Å². The van der Waals surface area contributed by atoms with Crippen molar-refractivity contribution in [1.29, 1.82) is 0 Å². The number of carbonyl (C=O) groups is 1. The Kier molecular flexibility index (Phi) is 3.53. The van der Waals surface area contributed by atoms with Crippen LogP contribution in [0.25, 0.3) is 10.2 Å². The molecule has 8 heteroatoms. The van der Waals surface area contributed by atoms with Crippen LogP contribution in [0, 0.1) is 0 Å². The lowest BCUT2D eigenvalue weighted by Gasteiger charge is -2.12. The van der Waals surface area contributed by atoms with Gasteiger partial charge in [-0.3, -0.25) is 0 Å². The molecule has 1 aliphatic carbocycles. The first-order valence-corrected chi connectivity index (χ1v) is 10.3. The number of carbonyl (C=O) groups excluding carboxylic acids is 1. The molecule has 2 fully saturated rings. The van der Waals surface area contributed by atoms with Crippen molar-refractivity contribution >= 4 is 43.1 Å². The van der Waals surface area contributed by atoms with Crippen LogP contribution in [-0.2, 0) is 9.84 Å². The molecule has 1 saturated heterocycles. The molecule has 122 valence electrons. The molecule has 0 unspecified atom stereocenters. The van der Waals surface area contributed by atoms with E-state index in [-0.39, 0.29) is 23.6 Å². The van der Waals surface area contributed by atoms with Gasteiger partial charge in [0.15, 0.2) is 9.84 Å². The Bertz CT molecular complexity index is 871. The topological polar surface area (TPSA) is 88.2 Å². The van der Waals surface area contributed by atoms with Gasteiger partial charge in [-0.15, -0.1) is 11.3 Å². The van der Waals surface area contributed by atoms with Gasteiger partial charge in [0.05, 0.1) is 26.7 Å². The Labute approximate surface area is 138 Å². The molecule has 4 rings (SSSR count). The van der Waals surface area contributed by atoms with Gasteiger partial charge in [-0.25, -0.2) is 18.2 Å². The molecule has 2 aliphatic rings. The number of rotatable bonds is 3. The molecule has 1 aliphatic heterocycles. The fourth-order valence-corrected chi connectivity index (χ4v) is 5.64. The number of aromatic nitrogens is 1. The summed E-state index contributed by atoms with van der Waals surface area (Å²) in [6.45, 7) is 0. The zero-order chi connectivity index (χ0) is 16.0. The largest absolute Gasteiger partial charge is 0.334 e. The number of hydrogen-bond donors (Lipinski definition) is 2. The first kappa shape index (κ1) is 14.9. The highest BCUT2D eigenvalue weighted by molar-refractivity contribution is 7.91. The van der Waals surface area contributed by atoms with Crippen LogP contribution in [0.2, 0.25) is 0 Å². The second-order valence-corrected chi connectivity index (χ2v) is 9.50. The Hall–Kier alpha value is -1.67. The number of nitrogens with one attached hydrogen (secondary N) is 2. The molecule has 2 heterocycles. The predicted octanol–water partition coefficient (Wildman–Crippen LogP) is 2.48. The fourth-order valence-electron chi connectivity index (χ4n) is 2.79. The summed E-state index contributed by atoms with van der Waals surface area (Å²) >= 11 is 1.68. The minimum atomic E-state index is -2.99. The minimum absolute atomic E-state index is 0.0268. The number of thiazole rings is 1. The molecular formula is C15H17N3O3S2. The number of urea groups is 1. The summed E-state index contributed by atoms with van der Waals surface area (Å²) in [7, 11) is -2.99. The molecule has 0 spiro atoms. The number of fused-ring (bicyclic) bond motifs is 1. The molecule has 1 atom stereocenters. The van der Waals surface area contributed by atoms with Gasteiger partial charge in [0, 0.05) is 17.6 Å². The maximum atomic E-state index is 12.0. The van der Waals surface area contributed by atoms with Crippen molar-refractivity contribution in [2.75, 3.05) is 16.8 Å². The van der Waals surface area contributed by atoms with Gasteiger partial charge in [0.25, 0.3) is 0 Å². The van der Waals surface area contributed by atoms with Crippen LogP contribution in [0.4, 0.5) is 10.5 Å². The Morgan fingerprint density at radius 1 is 1.26 bits per heavy atom. The van der Waals surface area contributed by atoms with Gasteiger partial charge >= 0.3 is 6.03 Å². The maximum absolute atomic E-state index is 12.0. The number of nitrogens with zero attached hydrogens (tertiary/aromatic N) is 1. The van der Waals surface area contributed by atoms with Crippen molar-refractivity contribution in [3.8, 4) is 0 Å². The molecule has 1 saturated carbocycles. The summed E-state index contributed by atoms with van der Waals surface area (Å²) < 4.78 is 23.9. The second kappa shape index (κ2) is 5.45. The molecule has 2 N–H and O–H groups in total. The third-order valence-electron chi connectivity index (χ3n) is 4.16. The minimum Gasteiger partial charge on any atom is -0.334 e. The zero-order valence-corrected chi connectivity index (χ0v) is 14.0. The van der Waals surface area contributed by atoms with E-state index in [2.05, 4.69) is 15.6 Å². The van der Waals surface area contributed by atoms with E-state index >= 15 is 0 Å². The normalized spacial score (nSPS) is 23.0. The first-order chi connectivity index (χ1) is 11.0. The lowest BCUT2D eigenvalue weighted by atomic mass is 10.2. The van der Waals surface area contributed by atoms with E-state index in [1.54, 1.807) is 11.3 Å². The van der Waals surface area contributed by atoms with Crippen molar-refractivity contribution in [3.05, 3.63) is 23.2 Å². The van der Waals surface area contributed by atoms with Gasteiger partial charge < -0.3 is 10.6 Å². The van der Waals surface area contributed by atoms with Gasteiger partial charge in [0.1, 0.15) is 0 Å². The molecule has 2 amide bonds. The van der Waals surface area contributed by atoms with E-state index in [0.717, 1.165) is 10.2 Å². The first-order valence-electron chi connectivity index (χ1n) is 7.67. The van der Waals surface area contributed by atoms with Crippen LogP contribution in [0.1, 0.15) is 30.2 Å². The smallest absolute Gasteiger partial charge is 0.319 e. The van der Waals surface area contributed by atoms with Crippen LogP contribution >= 0.6 is 11.3 Å². The van der Waals surface area contributed by atoms with Crippen LogP contribution in [0.15, 0.2) is 18.2 Å². The fraction of sp³-hybridized carbons (Fsp3) is 0.467. The van der Waals surface area contributed by atoms with Crippen LogP contribution in [-0.4, -0.2) is 37.0 Å². The molecule has 23 heavy (non-hydrogen) atoms. The van der Waals surface area contributed by atoms with Gasteiger partial charge in [-0.2, -0.15) is 0 Å². The Morgan fingerprint density at radius 3 is 2.78 bits per heavy atom. The number of hydrogen-bond acceptors (Lipinski definition) is 5. The molecule has 1 aromatic heterocycles. The zero-order valence-electron chi connectivity index (χ0n) is 12.4. The Morgan fingerprint density at radius 2 is 2.09 bits per heavy atom. The third kappa shape index (κ3) is 3.32. The van der Waals surface area contributed by atoms with Crippen molar-refractivity contribution in [2.45, 2.75) is 31.2 Å². The molecule has 0 bridgehead atoms. The lowest BCUT2D eigenvalue weighted by molar-refractivity contribution is 0.249. The summed E-state index contributed by atoms with van der Waals surface area (Å²) in [5.74, 6) is 0.796. The van der Waals surface area contributed by atoms with Gasteiger partial charge in [0.2, 0.25) is 0 Å². The van der Waals surface area contributed by atoms with Crippen LogP contribution in [0.5, 0.6) is 0 Å². The van der Waals surface area contributed by atoms with E-state index < -0.39 is 9.84 Å². The SMILES string of the molecule is O=C(Nc1ccc2nc(C3CC3)sc2c1)N[C@@H]1CCS(=O)(=O)C1. The highest BCUT2D eigenvalue weighted by atomic mass is 32.2. The Balaban J connectivity index is 1.43. The van der Waals surface area contributed by atoms with Crippen LogP contribution in [0.3, 0.4) is 0 Å². The van der Waals surface area contributed by atoms with Crippen molar-refractivity contribution < 1.29 is 13.2 Å². The van der Waals surface area contributed by atoms with Crippen molar-refractivity contribution in [3.63, 3.8) is 0 Å². The summed E-state index contributed by atoms with van der Waals surface area (Å²) in [6.07, 6.45) is 2.92. The second-order valence-electron chi connectivity index (χ2n) is 6.21. The summed E-state index contributed by atoms with van der Waals surface area (Å²) in [4.78, 5) is 16.6. The average molecular weight is 351 g/mol. The standard InChI is InChI=1S/C15H17N3O3S2/c19-15(17-11-5-6-23(20,21)8-11)16-10-3-4-12-13(7-10)22-14(18-12)9-1-2-9/h3-4,7,9,11H,1-2,5-6,8H2,(H2,16,17,19)/t11-/m1/s1. The van der Waals surface area contributed by atoms with Crippen molar-refractivity contribution in [2.24, 2.45) is 0 Å². The molecule has 2 aromatic rings. The van der Waals surface area contributed by atoms with E-state index in [4.69, 9.17) is 0 Å². The highest BCUT2D eigenvalue weighted by Crippen LogP contribution is 2.43. The third-order valence-corrected chi connectivity index (χ3v) is 7.11. The molecular weight excluding hydrogens is 334 g/mol. The van der Waals surface area contributed by atoms with Gasteiger partial charge in [-0.1, -0.05) is 0 Å². The predicted molar refractivity (Wildman–Crippen MR) is 90.8 cm³/mol. The molecule has 1 aromatic carbocycles. The highest BCUT2D eigenvalue weighted by Gasteiger charge is 2.29. The average Bonchev–Trinajstić information content (AvgIpc) is 3.16. The molecule has 6 nitrogen and oxygen atoms in total. The number of amides is 2. The lowest BCUT2D eigenvalue weighted by Crippen LogP contribution is -2.38.